The molecule has 0 saturated heterocycles. The minimum absolute atomic E-state index is 0.229. The van der Waals surface area contributed by atoms with Gasteiger partial charge in [0, 0.05) is 25.3 Å². The van der Waals surface area contributed by atoms with E-state index < -0.39 is 5.97 Å². The first-order chi connectivity index (χ1) is 13.0. The van der Waals surface area contributed by atoms with Crippen molar-refractivity contribution >= 4 is 17.4 Å². The summed E-state index contributed by atoms with van der Waals surface area (Å²) in [6.07, 6.45) is 0. The van der Waals surface area contributed by atoms with E-state index in [0.29, 0.717) is 11.1 Å². The largest absolute Gasteiger partial charge is 0.454 e. The second-order valence-corrected chi connectivity index (χ2v) is 6.38. The van der Waals surface area contributed by atoms with E-state index in [1.165, 1.54) is 0 Å². The van der Waals surface area contributed by atoms with Crippen LogP contribution in [0, 0.1) is 0 Å². The highest BCUT2D eigenvalue weighted by Crippen LogP contribution is 2.19. The molecule has 3 rings (SSSR count). The van der Waals surface area contributed by atoms with Gasteiger partial charge in [0.2, 0.25) is 0 Å². The number of benzene rings is 3. The number of esters is 1. The van der Waals surface area contributed by atoms with Gasteiger partial charge in [0.1, 0.15) is 0 Å². The SMILES string of the molecule is CN(C)c1ccc(C(=O)OCC(=O)c2ccc(-c3ccccc3)cc2)cc1. The number of anilines is 1. The summed E-state index contributed by atoms with van der Waals surface area (Å²) in [4.78, 5) is 26.3. The second-order valence-electron chi connectivity index (χ2n) is 6.38. The fourth-order valence-electron chi connectivity index (χ4n) is 2.67. The number of rotatable bonds is 6. The average molecular weight is 359 g/mol. The maximum absolute atomic E-state index is 12.3. The molecule has 3 aromatic carbocycles. The van der Waals surface area contributed by atoms with Crippen LogP contribution in [0.25, 0.3) is 11.1 Å². The molecule has 0 radical (unpaired) electrons. The summed E-state index contributed by atoms with van der Waals surface area (Å²) in [5.41, 5.74) is 4.05. The van der Waals surface area contributed by atoms with Gasteiger partial charge in [-0.2, -0.15) is 0 Å². The fourth-order valence-corrected chi connectivity index (χ4v) is 2.67. The Morgan fingerprint density at radius 1 is 0.741 bits per heavy atom. The Hall–Kier alpha value is -3.40. The van der Waals surface area contributed by atoms with Crippen molar-refractivity contribution in [1.29, 1.82) is 0 Å². The van der Waals surface area contributed by atoms with Crippen LogP contribution in [0.3, 0.4) is 0 Å². The molecule has 0 atom stereocenters. The number of nitrogens with zero attached hydrogens (tertiary/aromatic N) is 1. The Morgan fingerprint density at radius 3 is 1.89 bits per heavy atom. The van der Waals surface area contributed by atoms with Gasteiger partial charge in [0.25, 0.3) is 0 Å². The van der Waals surface area contributed by atoms with Gasteiger partial charge in [-0.05, 0) is 35.4 Å². The number of ketones is 1. The molecule has 0 aliphatic heterocycles. The van der Waals surface area contributed by atoms with Crippen LogP contribution in [0.4, 0.5) is 5.69 Å². The van der Waals surface area contributed by atoms with Crippen molar-refractivity contribution in [2.45, 2.75) is 0 Å². The first-order valence-electron chi connectivity index (χ1n) is 8.68. The van der Waals surface area contributed by atoms with Crippen molar-refractivity contribution in [2.75, 3.05) is 25.6 Å². The molecule has 0 bridgehead atoms. The zero-order valence-corrected chi connectivity index (χ0v) is 15.4. The van der Waals surface area contributed by atoms with Gasteiger partial charge in [0.15, 0.2) is 12.4 Å². The highest BCUT2D eigenvalue weighted by atomic mass is 16.5. The molecular formula is C23H21NO3. The Bertz CT molecular complexity index is 914. The minimum Gasteiger partial charge on any atom is -0.454 e. The second kappa shape index (κ2) is 8.32. The highest BCUT2D eigenvalue weighted by Gasteiger charge is 2.12. The molecule has 4 nitrogen and oxygen atoms in total. The topological polar surface area (TPSA) is 46.6 Å². The predicted octanol–water partition coefficient (Wildman–Crippen LogP) is 4.46. The normalized spacial score (nSPS) is 10.3. The maximum atomic E-state index is 12.3. The molecule has 0 amide bonds. The summed E-state index contributed by atoms with van der Waals surface area (Å²) in [5.74, 6) is -0.734. The number of hydrogen-bond acceptors (Lipinski definition) is 4. The molecule has 0 spiro atoms. The third-order valence-electron chi connectivity index (χ3n) is 4.27. The Balaban J connectivity index is 1.59. The van der Waals surface area contributed by atoms with Crippen molar-refractivity contribution in [3.05, 3.63) is 90.0 Å². The zero-order chi connectivity index (χ0) is 19.2. The van der Waals surface area contributed by atoms with Crippen molar-refractivity contribution in [2.24, 2.45) is 0 Å². The number of hydrogen-bond donors (Lipinski definition) is 0. The molecule has 0 saturated carbocycles. The molecule has 0 aliphatic rings. The molecular weight excluding hydrogens is 338 g/mol. The third-order valence-corrected chi connectivity index (χ3v) is 4.27. The van der Waals surface area contributed by atoms with E-state index in [4.69, 9.17) is 4.74 Å². The first-order valence-corrected chi connectivity index (χ1v) is 8.68. The van der Waals surface area contributed by atoms with Gasteiger partial charge < -0.3 is 9.64 Å². The third kappa shape index (κ3) is 4.61. The van der Waals surface area contributed by atoms with Gasteiger partial charge in [0.05, 0.1) is 5.56 Å². The summed E-state index contributed by atoms with van der Waals surface area (Å²) < 4.78 is 5.16. The quantitative estimate of drug-likeness (QED) is 0.482. The van der Waals surface area contributed by atoms with Crippen LogP contribution in [0.15, 0.2) is 78.9 Å². The Kier molecular flexibility index (Phi) is 5.67. The van der Waals surface area contributed by atoms with E-state index in [1.54, 1.807) is 24.3 Å². The Morgan fingerprint density at radius 2 is 1.30 bits per heavy atom. The van der Waals surface area contributed by atoms with Crippen molar-refractivity contribution in [3.8, 4) is 11.1 Å². The standard InChI is InChI=1S/C23H21NO3/c1-24(2)21-14-12-20(13-15-21)23(26)27-16-22(25)19-10-8-18(9-11-19)17-6-4-3-5-7-17/h3-15H,16H2,1-2H3. The molecule has 0 unspecified atom stereocenters. The highest BCUT2D eigenvalue weighted by molar-refractivity contribution is 5.99. The summed E-state index contributed by atoms with van der Waals surface area (Å²) in [6.45, 7) is -0.279. The van der Waals surface area contributed by atoms with Gasteiger partial charge in [-0.3, -0.25) is 4.79 Å². The zero-order valence-electron chi connectivity index (χ0n) is 15.4. The first kappa shape index (κ1) is 18.4. The van der Waals surface area contributed by atoms with Crippen LogP contribution < -0.4 is 4.90 Å². The molecule has 4 heteroatoms. The lowest BCUT2D eigenvalue weighted by Gasteiger charge is -2.12. The molecule has 0 aliphatic carbocycles. The van der Waals surface area contributed by atoms with Gasteiger partial charge >= 0.3 is 5.97 Å². The lowest BCUT2D eigenvalue weighted by molar-refractivity contribution is 0.0475. The molecule has 27 heavy (non-hydrogen) atoms. The Labute approximate surface area is 159 Å². The molecule has 136 valence electrons. The van der Waals surface area contributed by atoms with Crippen LogP contribution in [-0.2, 0) is 4.74 Å². The predicted molar refractivity (Wildman–Crippen MR) is 107 cm³/mol. The maximum Gasteiger partial charge on any atom is 0.338 e. The van der Waals surface area contributed by atoms with E-state index in [1.807, 2.05) is 73.6 Å². The minimum atomic E-state index is -0.505. The van der Waals surface area contributed by atoms with Crippen LogP contribution in [0.5, 0.6) is 0 Å². The molecule has 0 N–H and O–H groups in total. The van der Waals surface area contributed by atoms with E-state index in [-0.39, 0.29) is 12.4 Å². The van der Waals surface area contributed by atoms with Crippen LogP contribution in [-0.4, -0.2) is 32.5 Å². The van der Waals surface area contributed by atoms with Gasteiger partial charge in [-0.1, -0.05) is 54.6 Å². The fraction of sp³-hybridized carbons (Fsp3) is 0.130. The summed E-state index contributed by atoms with van der Waals surface area (Å²) in [5, 5.41) is 0. The number of Topliss-reactive ketones (excluding diaryl/α,β-unsaturated/α-hetero) is 1. The van der Waals surface area contributed by atoms with Gasteiger partial charge in [-0.15, -0.1) is 0 Å². The van der Waals surface area contributed by atoms with Crippen molar-refractivity contribution < 1.29 is 14.3 Å². The molecule has 3 aromatic rings. The van der Waals surface area contributed by atoms with Crippen LogP contribution in [0.2, 0.25) is 0 Å². The number of ether oxygens (including phenoxy) is 1. The summed E-state index contributed by atoms with van der Waals surface area (Å²) in [6, 6.07) is 24.3. The van der Waals surface area contributed by atoms with Gasteiger partial charge in [-0.25, -0.2) is 4.79 Å². The van der Waals surface area contributed by atoms with E-state index in [0.717, 1.165) is 16.8 Å². The van der Waals surface area contributed by atoms with Crippen LogP contribution >= 0.6 is 0 Å². The number of carbonyl (C=O) groups is 2. The van der Waals surface area contributed by atoms with E-state index in [9.17, 15) is 9.59 Å². The molecule has 0 fully saturated rings. The average Bonchev–Trinajstić information content (AvgIpc) is 2.72. The summed E-state index contributed by atoms with van der Waals surface area (Å²) >= 11 is 0. The lowest BCUT2D eigenvalue weighted by atomic mass is 10.0. The summed E-state index contributed by atoms with van der Waals surface area (Å²) in [7, 11) is 3.85. The van der Waals surface area contributed by atoms with E-state index in [2.05, 4.69) is 0 Å². The van der Waals surface area contributed by atoms with Crippen LogP contribution in [0.1, 0.15) is 20.7 Å². The molecule has 0 aromatic heterocycles. The van der Waals surface area contributed by atoms with Crippen molar-refractivity contribution in [3.63, 3.8) is 0 Å². The smallest absolute Gasteiger partial charge is 0.338 e. The lowest BCUT2D eigenvalue weighted by Crippen LogP contribution is -2.14. The van der Waals surface area contributed by atoms with Crippen molar-refractivity contribution in [1.82, 2.24) is 0 Å². The monoisotopic (exact) mass is 359 g/mol. The van der Waals surface area contributed by atoms with E-state index >= 15 is 0 Å². The molecule has 0 heterocycles. The number of carbonyl (C=O) groups excluding carboxylic acids is 2.